The standard InChI is InChI=1S/C15H21NO4.ClH/c1-3-20-14(19)15(6-8-16(2)9-7-15)11-4-5-12(17)13(18)10-11;/h4-5,10,17-18H,3,6-9H2,1-2H3;1H. The molecule has 1 aromatic carbocycles. The fourth-order valence-electron chi connectivity index (χ4n) is 2.70. The van der Waals surface area contributed by atoms with Gasteiger partial charge in [0.05, 0.1) is 12.0 Å². The van der Waals surface area contributed by atoms with Gasteiger partial charge in [0.2, 0.25) is 0 Å². The van der Waals surface area contributed by atoms with E-state index >= 15 is 0 Å². The maximum absolute atomic E-state index is 12.4. The van der Waals surface area contributed by atoms with Gasteiger partial charge in [-0.2, -0.15) is 0 Å². The molecule has 1 fully saturated rings. The summed E-state index contributed by atoms with van der Waals surface area (Å²) >= 11 is 0. The molecule has 1 heterocycles. The summed E-state index contributed by atoms with van der Waals surface area (Å²) < 4.78 is 5.24. The molecule has 0 amide bonds. The molecule has 21 heavy (non-hydrogen) atoms. The van der Waals surface area contributed by atoms with Crippen molar-refractivity contribution in [2.24, 2.45) is 0 Å². The third-order valence-electron chi connectivity index (χ3n) is 4.03. The van der Waals surface area contributed by atoms with Crippen LogP contribution in [-0.4, -0.2) is 47.8 Å². The van der Waals surface area contributed by atoms with E-state index in [0.29, 0.717) is 25.0 Å². The van der Waals surface area contributed by atoms with E-state index in [-0.39, 0.29) is 29.9 Å². The van der Waals surface area contributed by atoms with Gasteiger partial charge >= 0.3 is 5.97 Å². The largest absolute Gasteiger partial charge is 0.504 e. The summed E-state index contributed by atoms with van der Waals surface area (Å²) in [5.41, 5.74) is -0.0207. The van der Waals surface area contributed by atoms with Crippen LogP contribution < -0.4 is 0 Å². The van der Waals surface area contributed by atoms with Crippen molar-refractivity contribution in [2.75, 3.05) is 26.7 Å². The van der Waals surface area contributed by atoms with Crippen molar-refractivity contribution in [3.8, 4) is 11.5 Å². The molecule has 0 radical (unpaired) electrons. The fourth-order valence-corrected chi connectivity index (χ4v) is 2.70. The van der Waals surface area contributed by atoms with Crippen LogP contribution in [0.2, 0.25) is 0 Å². The quantitative estimate of drug-likeness (QED) is 0.660. The van der Waals surface area contributed by atoms with Gasteiger partial charge in [-0.25, -0.2) is 0 Å². The first-order chi connectivity index (χ1) is 9.49. The smallest absolute Gasteiger partial charge is 0.316 e. The minimum atomic E-state index is -0.728. The Kier molecular flexibility index (Phi) is 5.87. The molecule has 1 aliphatic rings. The number of hydrogen-bond donors (Lipinski definition) is 2. The molecule has 1 aromatic rings. The molecular weight excluding hydrogens is 294 g/mol. The number of phenols is 2. The van der Waals surface area contributed by atoms with Crippen LogP contribution in [0.4, 0.5) is 0 Å². The van der Waals surface area contributed by atoms with Crippen molar-refractivity contribution in [2.45, 2.75) is 25.2 Å². The molecule has 0 aliphatic carbocycles. The summed E-state index contributed by atoms with van der Waals surface area (Å²) in [5, 5.41) is 19.1. The van der Waals surface area contributed by atoms with Gasteiger partial charge in [0.15, 0.2) is 11.5 Å². The van der Waals surface area contributed by atoms with Gasteiger partial charge in [0.25, 0.3) is 0 Å². The number of esters is 1. The maximum Gasteiger partial charge on any atom is 0.316 e. The molecular formula is C15H22ClNO4. The number of rotatable bonds is 3. The Morgan fingerprint density at radius 2 is 1.90 bits per heavy atom. The molecule has 118 valence electrons. The van der Waals surface area contributed by atoms with Gasteiger partial charge in [-0.3, -0.25) is 4.79 Å². The van der Waals surface area contributed by atoms with E-state index in [1.165, 1.54) is 12.1 Å². The Labute approximate surface area is 130 Å². The minimum absolute atomic E-state index is 0. The van der Waals surface area contributed by atoms with E-state index in [2.05, 4.69) is 4.90 Å². The highest BCUT2D eigenvalue weighted by Gasteiger charge is 2.44. The Hall–Kier alpha value is -1.46. The predicted molar refractivity (Wildman–Crippen MR) is 82.1 cm³/mol. The summed E-state index contributed by atoms with van der Waals surface area (Å²) in [7, 11) is 2.02. The first-order valence-corrected chi connectivity index (χ1v) is 6.88. The SMILES string of the molecule is CCOC(=O)C1(c2ccc(O)c(O)c2)CCN(C)CC1.Cl. The van der Waals surface area contributed by atoms with Crippen molar-refractivity contribution < 1.29 is 19.7 Å². The van der Waals surface area contributed by atoms with Gasteiger partial charge in [0, 0.05) is 0 Å². The lowest BCUT2D eigenvalue weighted by Gasteiger charge is -2.39. The lowest BCUT2D eigenvalue weighted by Crippen LogP contribution is -2.47. The number of likely N-dealkylation sites (tertiary alicyclic amines) is 1. The van der Waals surface area contributed by atoms with Crippen LogP contribution in [0.3, 0.4) is 0 Å². The van der Waals surface area contributed by atoms with Crippen LogP contribution in [0.25, 0.3) is 0 Å². The maximum atomic E-state index is 12.4. The van der Waals surface area contributed by atoms with Gasteiger partial charge in [0.1, 0.15) is 0 Å². The zero-order valence-corrected chi connectivity index (χ0v) is 13.2. The Morgan fingerprint density at radius 1 is 1.29 bits per heavy atom. The summed E-state index contributed by atoms with van der Waals surface area (Å²) in [6.07, 6.45) is 1.29. The Bertz CT molecular complexity index is 498. The van der Waals surface area contributed by atoms with Gasteiger partial charge in [-0.05, 0) is 57.6 Å². The van der Waals surface area contributed by atoms with E-state index in [1.807, 2.05) is 7.05 Å². The van der Waals surface area contributed by atoms with Gasteiger partial charge in [-0.1, -0.05) is 6.07 Å². The van der Waals surface area contributed by atoms with Crippen LogP contribution in [0, 0.1) is 0 Å². The third-order valence-corrected chi connectivity index (χ3v) is 4.03. The second-order valence-corrected chi connectivity index (χ2v) is 5.31. The molecule has 5 nitrogen and oxygen atoms in total. The molecule has 0 saturated carbocycles. The number of ether oxygens (including phenoxy) is 1. The third kappa shape index (κ3) is 3.41. The normalized spacial score (nSPS) is 17.8. The van der Waals surface area contributed by atoms with E-state index < -0.39 is 5.41 Å². The number of hydrogen-bond acceptors (Lipinski definition) is 5. The number of carbonyl (C=O) groups is 1. The molecule has 1 aliphatic heterocycles. The summed E-state index contributed by atoms with van der Waals surface area (Å²) in [6, 6.07) is 4.58. The Balaban J connectivity index is 0.00000220. The summed E-state index contributed by atoms with van der Waals surface area (Å²) in [5.74, 6) is -0.635. The molecule has 0 unspecified atom stereocenters. The Morgan fingerprint density at radius 3 is 2.43 bits per heavy atom. The van der Waals surface area contributed by atoms with Crippen LogP contribution in [0.5, 0.6) is 11.5 Å². The second-order valence-electron chi connectivity index (χ2n) is 5.31. The zero-order chi connectivity index (χ0) is 14.8. The molecule has 0 atom stereocenters. The topological polar surface area (TPSA) is 70.0 Å². The summed E-state index contributed by atoms with van der Waals surface area (Å²) in [6.45, 7) is 3.70. The predicted octanol–water partition coefficient (Wildman–Crippen LogP) is 2.05. The monoisotopic (exact) mass is 315 g/mol. The molecule has 2 rings (SSSR count). The van der Waals surface area contributed by atoms with Crippen LogP contribution in [-0.2, 0) is 14.9 Å². The molecule has 1 saturated heterocycles. The number of aromatic hydroxyl groups is 2. The van der Waals surface area contributed by atoms with Crippen molar-refractivity contribution in [1.82, 2.24) is 4.90 Å². The highest BCUT2D eigenvalue weighted by molar-refractivity contribution is 5.85. The van der Waals surface area contributed by atoms with Crippen molar-refractivity contribution in [3.05, 3.63) is 23.8 Å². The van der Waals surface area contributed by atoms with E-state index in [9.17, 15) is 15.0 Å². The average molecular weight is 316 g/mol. The lowest BCUT2D eigenvalue weighted by molar-refractivity contribution is -0.152. The molecule has 0 bridgehead atoms. The van der Waals surface area contributed by atoms with E-state index in [1.54, 1.807) is 13.0 Å². The van der Waals surface area contributed by atoms with Crippen LogP contribution in [0.1, 0.15) is 25.3 Å². The second kappa shape index (κ2) is 7.00. The van der Waals surface area contributed by atoms with Crippen molar-refractivity contribution in [1.29, 1.82) is 0 Å². The van der Waals surface area contributed by atoms with Gasteiger partial charge in [-0.15, -0.1) is 12.4 Å². The number of phenolic OH excluding ortho intramolecular Hbond substituents is 2. The number of piperidine rings is 1. The fraction of sp³-hybridized carbons (Fsp3) is 0.533. The molecule has 0 aromatic heterocycles. The highest BCUT2D eigenvalue weighted by Crippen LogP contribution is 2.39. The average Bonchev–Trinajstić information content (AvgIpc) is 2.43. The van der Waals surface area contributed by atoms with E-state index in [0.717, 1.165) is 13.1 Å². The van der Waals surface area contributed by atoms with Crippen molar-refractivity contribution >= 4 is 18.4 Å². The summed E-state index contributed by atoms with van der Waals surface area (Å²) in [4.78, 5) is 14.6. The van der Waals surface area contributed by atoms with Crippen LogP contribution in [0.15, 0.2) is 18.2 Å². The number of carbonyl (C=O) groups excluding carboxylic acids is 1. The van der Waals surface area contributed by atoms with Gasteiger partial charge < -0.3 is 19.8 Å². The number of nitrogens with zero attached hydrogens (tertiary/aromatic N) is 1. The first kappa shape index (κ1) is 17.6. The first-order valence-electron chi connectivity index (χ1n) is 6.88. The lowest BCUT2D eigenvalue weighted by atomic mass is 9.72. The molecule has 2 N–H and O–H groups in total. The van der Waals surface area contributed by atoms with Crippen molar-refractivity contribution in [3.63, 3.8) is 0 Å². The minimum Gasteiger partial charge on any atom is -0.504 e. The highest BCUT2D eigenvalue weighted by atomic mass is 35.5. The zero-order valence-electron chi connectivity index (χ0n) is 12.3. The van der Waals surface area contributed by atoms with Crippen LogP contribution >= 0.6 is 12.4 Å². The number of halogens is 1. The number of benzene rings is 1. The molecule has 0 spiro atoms. The molecule has 6 heteroatoms. The van der Waals surface area contributed by atoms with E-state index in [4.69, 9.17) is 4.74 Å².